The van der Waals surface area contributed by atoms with Crippen LogP contribution in [0.1, 0.15) is 33.4 Å². The van der Waals surface area contributed by atoms with Gasteiger partial charge in [-0.2, -0.15) is 0 Å². The highest BCUT2D eigenvalue weighted by molar-refractivity contribution is 4.96. The second-order valence-electron chi connectivity index (χ2n) is 3.75. The summed E-state index contributed by atoms with van der Waals surface area (Å²) in [5, 5.41) is 0. The summed E-state index contributed by atoms with van der Waals surface area (Å²) in [7, 11) is 0. The average molecular weight is 238 g/mol. The molecule has 2 rings (SSSR count). The van der Waals surface area contributed by atoms with E-state index in [9.17, 15) is 9.59 Å². The third kappa shape index (κ3) is 2.87. The highest BCUT2D eigenvalue weighted by Gasteiger charge is 2.29. The van der Waals surface area contributed by atoms with Crippen molar-refractivity contribution >= 4 is 0 Å². The molecule has 94 valence electrons. The summed E-state index contributed by atoms with van der Waals surface area (Å²) in [6.45, 7) is 9.69. The minimum absolute atomic E-state index is 0.182. The van der Waals surface area contributed by atoms with E-state index in [0.29, 0.717) is 5.76 Å². The van der Waals surface area contributed by atoms with Crippen LogP contribution in [0.2, 0.25) is 0 Å². The summed E-state index contributed by atoms with van der Waals surface area (Å²) >= 11 is 0. The van der Waals surface area contributed by atoms with Crippen LogP contribution in [0.5, 0.6) is 0 Å². The quantitative estimate of drug-likeness (QED) is 0.808. The molecule has 0 bridgehead atoms. The van der Waals surface area contributed by atoms with E-state index in [1.54, 1.807) is 0 Å². The number of H-pyrrole nitrogens is 1. The molecular formula is C12H18N2O3. The average Bonchev–Trinajstić information content (AvgIpc) is 2.61. The fourth-order valence-corrected chi connectivity index (χ4v) is 1.75. The summed E-state index contributed by atoms with van der Waals surface area (Å²) in [5.41, 5.74) is -0.852. The number of allylic oxidation sites excluding steroid dienone is 1. The maximum absolute atomic E-state index is 11.5. The molecule has 1 saturated heterocycles. The molecule has 2 heterocycles. The summed E-state index contributed by atoms with van der Waals surface area (Å²) < 4.78 is 6.81. The van der Waals surface area contributed by atoms with Crippen molar-refractivity contribution in [2.45, 2.75) is 33.4 Å². The first-order valence-corrected chi connectivity index (χ1v) is 5.74. The van der Waals surface area contributed by atoms with Gasteiger partial charge < -0.3 is 4.74 Å². The van der Waals surface area contributed by atoms with Crippen LogP contribution in [-0.4, -0.2) is 9.55 Å². The number of hydrogen-bond donors (Lipinski definition) is 1. The molecule has 1 aromatic rings. The van der Waals surface area contributed by atoms with Gasteiger partial charge in [-0.1, -0.05) is 27.4 Å². The normalized spacial score (nSPS) is 22.6. The first-order chi connectivity index (χ1) is 8.08. The molecular weight excluding hydrogens is 220 g/mol. The van der Waals surface area contributed by atoms with E-state index in [1.165, 1.54) is 16.8 Å². The van der Waals surface area contributed by atoms with Crippen LogP contribution in [-0.2, 0) is 4.74 Å². The lowest BCUT2D eigenvalue weighted by Crippen LogP contribution is -2.32. The van der Waals surface area contributed by atoms with Crippen LogP contribution in [0.25, 0.3) is 0 Å². The lowest BCUT2D eigenvalue weighted by atomic mass is 10.1. The topological polar surface area (TPSA) is 64.1 Å². The number of aromatic amines is 1. The van der Waals surface area contributed by atoms with Gasteiger partial charge >= 0.3 is 5.69 Å². The van der Waals surface area contributed by atoms with Gasteiger partial charge in [-0.05, 0) is 0 Å². The Morgan fingerprint density at radius 1 is 1.47 bits per heavy atom. The minimum Gasteiger partial charge on any atom is -0.475 e. The van der Waals surface area contributed by atoms with Gasteiger partial charge in [-0.3, -0.25) is 14.3 Å². The lowest BCUT2D eigenvalue weighted by molar-refractivity contribution is 0.0665. The highest BCUT2D eigenvalue weighted by atomic mass is 16.5. The van der Waals surface area contributed by atoms with Gasteiger partial charge in [0.25, 0.3) is 5.56 Å². The first-order valence-electron chi connectivity index (χ1n) is 5.74. The van der Waals surface area contributed by atoms with Crippen LogP contribution in [0.15, 0.2) is 34.2 Å². The van der Waals surface area contributed by atoms with Crippen molar-refractivity contribution in [3.05, 3.63) is 45.4 Å². The molecule has 0 spiro atoms. The second-order valence-corrected chi connectivity index (χ2v) is 3.75. The Kier molecular flexibility index (Phi) is 4.31. The zero-order valence-electron chi connectivity index (χ0n) is 10.4. The van der Waals surface area contributed by atoms with E-state index in [4.69, 9.17) is 4.74 Å². The Balaban J connectivity index is 0.000000686. The van der Waals surface area contributed by atoms with Crippen molar-refractivity contribution in [1.82, 2.24) is 9.55 Å². The maximum atomic E-state index is 11.5. The van der Waals surface area contributed by atoms with E-state index in [1.807, 2.05) is 20.8 Å². The van der Waals surface area contributed by atoms with E-state index in [-0.39, 0.29) is 12.1 Å². The molecule has 1 aromatic heterocycles. The van der Waals surface area contributed by atoms with Crippen LogP contribution < -0.4 is 11.2 Å². The van der Waals surface area contributed by atoms with Crippen molar-refractivity contribution in [1.29, 1.82) is 0 Å². The molecule has 1 N–H and O–H groups in total. The summed E-state index contributed by atoms with van der Waals surface area (Å²) in [6.07, 6.45) is 1.82. The van der Waals surface area contributed by atoms with Gasteiger partial charge in [0.1, 0.15) is 0 Å². The molecule has 2 atom stereocenters. The van der Waals surface area contributed by atoms with Crippen molar-refractivity contribution < 1.29 is 4.74 Å². The zero-order chi connectivity index (χ0) is 13.0. The standard InChI is InChI=1S/C10H12N2O3.C2H6/c1-6-5-7(2)15-9(6)12-4-3-8(13)11-10(12)14;1-2/h3-4,6,9H,2,5H2,1H3,(H,11,13,14);1-2H3. The van der Waals surface area contributed by atoms with E-state index in [2.05, 4.69) is 11.6 Å². The molecule has 5 nitrogen and oxygen atoms in total. The summed E-state index contributed by atoms with van der Waals surface area (Å²) in [5.74, 6) is 0.853. The van der Waals surface area contributed by atoms with E-state index >= 15 is 0 Å². The predicted molar refractivity (Wildman–Crippen MR) is 65.7 cm³/mol. The van der Waals surface area contributed by atoms with Gasteiger partial charge in [-0.25, -0.2) is 4.79 Å². The highest BCUT2D eigenvalue weighted by Crippen LogP contribution is 2.34. The van der Waals surface area contributed by atoms with E-state index < -0.39 is 11.2 Å². The third-order valence-electron chi connectivity index (χ3n) is 2.45. The van der Waals surface area contributed by atoms with Gasteiger partial charge in [0, 0.05) is 24.6 Å². The maximum Gasteiger partial charge on any atom is 0.331 e. The van der Waals surface area contributed by atoms with Gasteiger partial charge in [0.15, 0.2) is 6.23 Å². The van der Waals surface area contributed by atoms with Crippen LogP contribution in [0.4, 0.5) is 0 Å². The molecule has 0 radical (unpaired) electrons. The largest absolute Gasteiger partial charge is 0.475 e. The zero-order valence-corrected chi connectivity index (χ0v) is 10.4. The molecule has 2 unspecified atom stereocenters. The number of aromatic nitrogens is 2. The van der Waals surface area contributed by atoms with Crippen molar-refractivity contribution in [2.24, 2.45) is 5.92 Å². The van der Waals surface area contributed by atoms with Crippen LogP contribution >= 0.6 is 0 Å². The van der Waals surface area contributed by atoms with Gasteiger partial charge in [0.05, 0.1) is 5.76 Å². The van der Waals surface area contributed by atoms with Gasteiger partial charge in [0.2, 0.25) is 0 Å². The second kappa shape index (κ2) is 5.52. The molecule has 0 aliphatic carbocycles. The van der Waals surface area contributed by atoms with Crippen LogP contribution in [0.3, 0.4) is 0 Å². The lowest BCUT2D eigenvalue weighted by Gasteiger charge is -2.16. The van der Waals surface area contributed by atoms with Crippen LogP contribution in [0, 0.1) is 5.92 Å². The molecule has 5 heteroatoms. The third-order valence-corrected chi connectivity index (χ3v) is 2.45. The van der Waals surface area contributed by atoms with Crippen molar-refractivity contribution in [3.8, 4) is 0 Å². The monoisotopic (exact) mass is 238 g/mol. The summed E-state index contributed by atoms with van der Waals surface area (Å²) in [6, 6.07) is 1.30. The Hall–Kier alpha value is -1.78. The number of nitrogens with one attached hydrogen (secondary N) is 1. The molecule has 0 amide bonds. The fourth-order valence-electron chi connectivity index (χ4n) is 1.75. The molecule has 0 aromatic carbocycles. The molecule has 0 saturated carbocycles. The van der Waals surface area contributed by atoms with Crippen molar-refractivity contribution in [3.63, 3.8) is 0 Å². The first kappa shape index (κ1) is 13.3. The number of hydrogen-bond acceptors (Lipinski definition) is 3. The number of rotatable bonds is 1. The smallest absolute Gasteiger partial charge is 0.331 e. The molecule has 1 aliphatic rings. The Bertz CT molecular complexity index is 501. The Morgan fingerprint density at radius 3 is 2.59 bits per heavy atom. The van der Waals surface area contributed by atoms with Crippen molar-refractivity contribution in [2.75, 3.05) is 0 Å². The molecule has 1 aliphatic heterocycles. The molecule has 1 fully saturated rings. The summed E-state index contributed by atoms with van der Waals surface area (Å²) in [4.78, 5) is 24.5. The Labute approximate surface area is 99.7 Å². The number of nitrogens with zero attached hydrogens (tertiary/aromatic N) is 1. The minimum atomic E-state index is -0.450. The number of ether oxygens (including phenoxy) is 1. The predicted octanol–water partition coefficient (Wildman–Crippen LogP) is 1.63. The Morgan fingerprint density at radius 2 is 2.12 bits per heavy atom. The SMILES string of the molecule is C=C1CC(C)C(n2ccc(=O)[nH]c2=O)O1.CC. The fraction of sp³-hybridized carbons (Fsp3) is 0.500. The van der Waals surface area contributed by atoms with E-state index in [0.717, 1.165) is 6.42 Å². The van der Waals surface area contributed by atoms with Gasteiger partial charge in [-0.15, -0.1) is 0 Å². The molecule has 17 heavy (non-hydrogen) atoms.